The van der Waals surface area contributed by atoms with Crippen LogP contribution in [0.2, 0.25) is 0 Å². The number of hydrogen-bond acceptors (Lipinski definition) is 2. The van der Waals surface area contributed by atoms with Crippen molar-refractivity contribution in [3.63, 3.8) is 0 Å². The van der Waals surface area contributed by atoms with Crippen LogP contribution in [0.1, 0.15) is 73.1 Å². The molecule has 0 amide bonds. The zero-order valence-electron chi connectivity index (χ0n) is 16.2. The molecule has 3 aliphatic rings. The minimum absolute atomic E-state index is 0.0441. The first kappa shape index (κ1) is 17.8. The van der Waals surface area contributed by atoms with Crippen LogP contribution in [-0.2, 0) is 9.53 Å². The second kappa shape index (κ2) is 6.35. The van der Waals surface area contributed by atoms with Gasteiger partial charge in [-0.25, -0.2) is 0 Å². The van der Waals surface area contributed by atoms with Gasteiger partial charge in [-0.05, 0) is 74.7 Å². The molecule has 0 heterocycles. The molecule has 3 rings (SSSR count). The number of carbonyl (C=O) groups excluding carboxylic acids is 1. The fourth-order valence-corrected chi connectivity index (χ4v) is 5.95. The van der Waals surface area contributed by atoms with E-state index in [1.807, 2.05) is 6.92 Å². The number of esters is 1. The van der Waals surface area contributed by atoms with Crippen molar-refractivity contribution >= 4 is 5.97 Å². The van der Waals surface area contributed by atoms with Gasteiger partial charge in [0.15, 0.2) is 0 Å². The monoisotopic (exact) mass is 330 g/mol. The molecule has 2 fully saturated rings. The van der Waals surface area contributed by atoms with Gasteiger partial charge in [0.25, 0.3) is 0 Å². The largest absolute Gasteiger partial charge is 0.466 e. The van der Waals surface area contributed by atoms with Crippen LogP contribution in [0.15, 0.2) is 23.3 Å². The fourth-order valence-electron chi connectivity index (χ4n) is 5.95. The summed E-state index contributed by atoms with van der Waals surface area (Å²) < 4.78 is 5.50. The second-order valence-corrected chi connectivity index (χ2v) is 8.95. The first-order chi connectivity index (χ1) is 11.3. The molecule has 4 unspecified atom stereocenters. The highest BCUT2D eigenvalue weighted by Gasteiger charge is 2.58. The van der Waals surface area contributed by atoms with Crippen LogP contribution in [0, 0.1) is 28.6 Å². The van der Waals surface area contributed by atoms with E-state index in [4.69, 9.17) is 4.74 Å². The Kier molecular flexibility index (Phi) is 4.70. The van der Waals surface area contributed by atoms with Crippen molar-refractivity contribution in [1.82, 2.24) is 0 Å². The topological polar surface area (TPSA) is 26.3 Å². The van der Waals surface area contributed by atoms with Crippen molar-refractivity contribution < 1.29 is 9.53 Å². The lowest BCUT2D eigenvalue weighted by Gasteiger charge is -2.58. The lowest BCUT2D eigenvalue weighted by molar-refractivity contribution is -0.170. The third-order valence-corrected chi connectivity index (χ3v) is 7.29. The highest BCUT2D eigenvalue weighted by Crippen LogP contribution is 2.63. The zero-order valence-corrected chi connectivity index (χ0v) is 16.2. The molecule has 2 nitrogen and oxygen atoms in total. The number of hydrogen-bond donors (Lipinski definition) is 0. The SMILES string of the molecule is CCOC(=O)C1(C)CCCC2(C)C3CC=C(C(C)C)C=C3CCC12. The summed E-state index contributed by atoms with van der Waals surface area (Å²) in [5.41, 5.74) is 3.10. The summed E-state index contributed by atoms with van der Waals surface area (Å²) in [6.07, 6.45) is 11.8. The van der Waals surface area contributed by atoms with Gasteiger partial charge < -0.3 is 4.74 Å². The molecular weight excluding hydrogens is 296 g/mol. The molecule has 0 radical (unpaired) electrons. The van der Waals surface area contributed by atoms with E-state index in [-0.39, 0.29) is 16.8 Å². The van der Waals surface area contributed by atoms with E-state index in [0.717, 1.165) is 32.1 Å². The van der Waals surface area contributed by atoms with Crippen LogP contribution in [0.4, 0.5) is 0 Å². The van der Waals surface area contributed by atoms with Crippen molar-refractivity contribution in [2.45, 2.75) is 73.1 Å². The van der Waals surface area contributed by atoms with Crippen LogP contribution in [0.25, 0.3) is 0 Å². The Labute approximate surface area is 147 Å². The molecule has 24 heavy (non-hydrogen) atoms. The molecule has 0 saturated heterocycles. The van der Waals surface area contributed by atoms with E-state index in [1.165, 1.54) is 12.0 Å². The average Bonchev–Trinajstić information content (AvgIpc) is 2.54. The van der Waals surface area contributed by atoms with E-state index < -0.39 is 0 Å². The van der Waals surface area contributed by atoms with Gasteiger partial charge in [0.2, 0.25) is 0 Å². The Morgan fingerprint density at radius 2 is 2.08 bits per heavy atom. The maximum absolute atomic E-state index is 12.8. The summed E-state index contributed by atoms with van der Waals surface area (Å²) in [5, 5.41) is 0. The summed E-state index contributed by atoms with van der Waals surface area (Å²) in [6, 6.07) is 0. The second-order valence-electron chi connectivity index (χ2n) is 8.95. The lowest BCUT2D eigenvalue weighted by atomic mass is 9.46. The van der Waals surface area contributed by atoms with Gasteiger partial charge in [0, 0.05) is 0 Å². The van der Waals surface area contributed by atoms with Crippen LogP contribution >= 0.6 is 0 Å². The Bertz CT molecular complexity index is 571. The van der Waals surface area contributed by atoms with Crippen LogP contribution in [-0.4, -0.2) is 12.6 Å². The van der Waals surface area contributed by atoms with Gasteiger partial charge in [0.1, 0.15) is 0 Å². The predicted molar refractivity (Wildman–Crippen MR) is 98.5 cm³/mol. The van der Waals surface area contributed by atoms with E-state index >= 15 is 0 Å². The molecule has 0 spiro atoms. The van der Waals surface area contributed by atoms with Gasteiger partial charge in [0.05, 0.1) is 12.0 Å². The van der Waals surface area contributed by atoms with Gasteiger partial charge in [-0.15, -0.1) is 0 Å². The molecule has 0 bridgehead atoms. The highest BCUT2D eigenvalue weighted by molar-refractivity contribution is 5.77. The summed E-state index contributed by atoms with van der Waals surface area (Å²) in [6.45, 7) is 11.6. The maximum atomic E-state index is 12.8. The molecule has 0 N–H and O–H groups in total. The quantitative estimate of drug-likeness (QED) is 0.622. The minimum atomic E-state index is -0.295. The summed E-state index contributed by atoms with van der Waals surface area (Å²) in [5.74, 6) is 1.73. The molecule has 0 aromatic rings. The summed E-state index contributed by atoms with van der Waals surface area (Å²) in [7, 11) is 0. The van der Waals surface area contributed by atoms with Crippen molar-refractivity contribution in [2.24, 2.45) is 28.6 Å². The van der Waals surface area contributed by atoms with E-state index in [1.54, 1.807) is 5.57 Å². The van der Waals surface area contributed by atoms with Crippen molar-refractivity contribution in [3.05, 3.63) is 23.3 Å². The molecular formula is C22H34O2. The Morgan fingerprint density at radius 1 is 1.33 bits per heavy atom. The zero-order chi connectivity index (χ0) is 17.5. The lowest BCUT2D eigenvalue weighted by Crippen LogP contribution is -2.54. The van der Waals surface area contributed by atoms with Crippen molar-refractivity contribution in [3.8, 4) is 0 Å². The molecule has 134 valence electrons. The molecule has 3 aliphatic carbocycles. The molecule has 0 aliphatic heterocycles. The smallest absolute Gasteiger partial charge is 0.312 e. The van der Waals surface area contributed by atoms with E-state index in [0.29, 0.717) is 24.4 Å². The number of carbonyl (C=O) groups is 1. The van der Waals surface area contributed by atoms with Crippen LogP contribution < -0.4 is 0 Å². The number of fused-ring (bicyclic) bond motifs is 3. The maximum Gasteiger partial charge on any atom is 0.312 e. The first-order valence-corrected chi connectivity index (χ1v) is 9.90. The van der Waals surface area contributed by atoms with Gasteiger partial charge in [-0.1, -0.05) is 44.9 Å². The number of ether oxygens (including phenoxy) is 1. The van der Waals surface area contributed by atoms with Crippen molar-refractivity contribution in [1.29, 1.82) is 0 Å². The third-order valence-electron chi connectivity index (χ3n) is 7.29. The van der Waals surface area contributed by atoms with E-state index in [2.05, 4.69) is 39.8 Å². The molecule has 2 saturated carbocycles. The Hall–Kier alpha value is -1.05. The van der Waals surface area contributed by atoms with Gasteiger partial charge in [-0.3, -0.25) is 4.79 Å². The third kappa shape index (κ3) is 2.66. The summed E-state index contributed by atoms with van der Waals surface area (Å²) >= 11 is 0. The predicted octanol–water partition coefficient (Wildman–Crippen LogP) is 5.68. The van der Waals surface area contributed by atoms with Crippen LogP contribution in [0.5, 0.6) is 0 Å². The fraction of sp³-hybridized carbons (Fsp3) is 0.773. The normalized spacial score (nSPS) is 38.8. The standard InChI is InChI=1S/C22H34O2/c1-6-24-20(23)22(5)13-7-12-21(4)18-10-8-16(15(2)3)14-17(18)9-11-19(21)22/h8,14-15,18-19H,6-7,9-13H2,1-5H3. The van der Waals surface area contributed by atoms with Crippen molar-refractivity contribution in [2.75, 3.05) is 6.61 Å². The molecule has 2 heteroatoms. The molecule has 4 atom stereocenters. The first-order valence-electron chi connectivity index (χ1n) is 9.90. The Balaban J connectivity index is 1.91. The van der Waals surface area contributed by atoms with Crippen LogP contribution in [0.3, 0.4) is 0 Å². The Morgan fingerprint density at radius 3 is 2.75 bits per heavy atom. The van der Waals surface area contributed by atoms with Gasteiger partial charge >= 0.3 is 5.97 Å². The molecule has 0 aromatic heterocycles. The summed E-state index contributed by atoms with van der Waals surface area (Å²) in [4.78, 5) is 12.8. The highest BCUT2D eigenvalue weighted by atomic mass is 16.5. The number of allylic oxidation sites excluding steroid dienone is 4. The van der Waals surface area contributed by atoms with E-state index in [9.17, 15) is 4.79 Å². The average molecular weight is 331 g/mol. The number of rotatable bonds is 3. The molecule has 0 aromatic carbocycles. The minimum Gasteiger partial charge on any atom is -0.466 e. The van der Waals surface area contributed by atoms with Gasteiger partial charge in [-0.2, -0.15) is 0 Å².